The Hall–Kier alpha value is -0.300. The van der Waals surface area contributed by atoms with Crippen molar-refractivity contribution in [2.45, 2.75) is 16.1 Å². The number of hydrogen-bond donors (Lipinski definition) is 1. The average molecular weight is 358 g/mol. The van der Waals surface area contributed by atoms with E-state index in [4.69, 9.17) is 16.3 Å². The molecule has 0 spiro atoms. The van der Waals surface area contributed by atoms with E-state index in [0.29, 0.717) is 11.3 Å². The highest BCUT2D eigenvalue weighted by atomic mass is 79.9. The smallest absolute Gasteiger partial charge is 0.229 e. The summed E-state index contributed by atoms with van der Waals surface area (Å²) in [4.78, 5) is 0. The average Bonchev–Trinajstić information content (AvgIpc) is 2.37. The second kappa shape index (κ2) is 5.77. The van der Waals surface area contributed by atoms with E-state index in [1.165, 1.54) is 14.0 Å². The van der Waals surface area contributed by atoms with Crippen LogP contribution in [0.25, 0.3) is 0 Å². The number of benzene rings is 1. The molecule has 0 saturated heterocycles. The predicted octanol–water partition coefficient (Wildman–Crippen LogP) is 2.45. The first-order chi connectivity index (χ1) is 8.26. The maximum atomic E-state index is 11.8. The molecule has 102 valence electrons. The second-order valence-corrected chi connectivity index (χ2v) is 9.14. The third-order valence-corrected chi connectivity index (χ3v) is 7.18. The lowest BCUT2D eigenvalue weighted by molar-refractivity contribution is 0.185. The zero-order valence-corrected chi connectivity index (χ0v) is 13.1. The summed E-state index contributed by atoms with van der Waals surface area (Å²) < 4.78 is 26.6. The topological polar surface area (TPSA) is 63.6 Å². The van der Waals surface area contributed by atoms with Crippen molar-refractivity contribution in [3.8, 4) is 5.75 Å². The summed E-state index contributed by atoms with van der Waals surface area (Å²) in [6, 6.07) is 6.37. The van der Waals surface area contributed by atoms with Gasteiger partial charge in [-0.1, -0.05) is 30.7 Å². The highest BCUT2D eigenvalue weighted by molar-refractivity contribution is 9.12. The van der Waals surface area contributed by atoms with E-state index in [-0.39, 0.29) is 5.75 Å². The Labute approximate surface area is 120 Å². The fourth-order valence-corrected chi connectivity index (χ4v) is 3.61. The molecule has 0 radical (unpaired) electrons. The van der Waals surface area contributed by atoms with Crippen LogP contribution in [0, 0.1) is 0 Å². The standard InChI is InChI=1S/C11H14BrClO4S/c1-3-18(15,16)11(12,13)10(14)8-4-6-9(17-2)7-5-8/h4-7,10,14H,3H2,1-2H3. The van der Waals surface area contributed by atoms with Gasteiger partial charge in [-0.25, -0.2) is 8.42 Å². The Bertz CT molecular complexity index is 498. The fraction of sp³-hybridized carbons (Fsp3) is 0.455. The molecule has 1 aromatic carbocycles. The zero-order chi connectivity index (χ0) is 14.0. The van der Waals surface area contributed by atoms with Crippen LogP contribution in [0.5, 0.6) is 5.75 Å². The Morgan fingerprint density at radius 2 is 1.94 bits per heavy atom. The first-order valence-electron chi connectivity index (χ1n) is 5.18. The predicted molar refractivity (Wildman–Crippen MR) is 74.9 cm³/mol. The Balaban J connectivity index is 3.09. The van der Waals surface area contributed by atoms with Crippen LogP contribution in [-0.2, 0) is 9.84 Å². The maximum absolute atomic E-state index is 11.8. The van der Waals surface area contributed by atoms with Gasteiger partial charge >= 0.3 is 0 Å². The Morgan fingerprint density at radius 3 is 2.33 bits per heavy atom. The van der Waals surface area contributed by atoms with E-state index in [2.05, 4.69) is 15.9 Å². The summed E-state index contributed by atoms with van der Waals surface area (Å²) in [5.74, 6) is 0.439. The van der Waals surface area contributed by atoms with Gasteiger partial charge in [0.15, 0.2) is 9.84 Å². The van der Waals surface area contributed by atoms with Gasteiger partial charge in [0.1, 0.15) is 11.9 Å². The molecule has 2 unspecified atom stereocenters. The molecule has 4 nitrogen and oxygen atoms in total. The normalized spacial score (nSPS) is 16.9. The van der Waals surface area contributed by atoms with Gasteiger partial charge < -0.3 is 9.84 Å². The molecule has 0 aliphatic rings. The monoisotopic (exact) mass is 356 g/mol. The minimum atomic E-state index is -3.66. The second-order valence-electron chi connectivity index (χ2n) is 3.64. The van der Waals surface area contributed by atoms with Gasteiger partial charge in [-0.2, -0.15) is 0 Å². The number of methoxy groups -OCH3 is 1. The molecule has 0 aliphatic carbocycles. The van der Waals surface area contributed by atoms with Crippen LogP contribution in [0.2, 0.25) is 0 Å². The number of ether oxygens (including phenoxy) is 1. The van der Waals surface area contributed by atoms with E-state index in [0.717, 1.165) is 0 Å². The summed E-state index contributed by atoms with van der Waals surface area (Å²) in [6.07, 6.45) is -1.38. The zero-order valence-electron chi connectivity index (χ0n) is 9.93. The molecule has 18 heavy (non-hydrogen) atoms. The lowest BCUT2D eigenvalue weighted by Gasteiger charge is -2.25. The summed E-state index contributed by atoms with van der Waals surface area (Å²) in [7, 11) is -2.14. The number of hydrogen-bond acceptors (Lipinski definition) is 4. The van der Waals surface area contributed by atoms with Crippen LogP contribution >= 0.6 is 27.5 Å². The molecular formula is C11H14BrClO4S. The van der Waals surface area contributed by atoms with Crippen molar-refractivity contribution in [2.75, 3.05) is 12.9 Å². The van der Waals surface area contributed by atoms with E-state index in [1.54, 1.807) is 24.3 Å². The molecule has 0 aliphatic heterocycles. The van der Waals surface area contributed by atoms with Gasteiger partial charge in [0.2, 0.25) is 3.12 Å². The van der Waals surface area contributed by atoms with Crippen molar-refractivity contribution < 1.29 is 18.3 Å². The first kappa shape index (κ1) is 15.8. The number of halogens is 2. The third-order valence-electron chi connectivity index (χ3n) is 2.54. The maximum Gasteiger partial charge on any atom is 0.229 e. The van der Waals surface area contributed by atoms with Gasteiger partial charge in [-0.3, -0.25) is 0 Å². The molecule has 2 atom stereocenters. The highest BCUT2D eigenvalue weighted by Crippen LogP contribution is 2.43. The summed E-state index contributed by atoms with van der Waals surface area (Å²) in [5, 5.41) is 10.1. The molecule has 0 heterocycles. The molecule has 1 N–H and O–H groups in total. The minimum Gasteiger partial charge on any atom is -0.497 e. The van der Waals surface area contributed by atoms with Crippen LogP contribution in [0.3, 0.4) is 0 Å². The van der Waals surface area contributed by atoms with Gasteiger partial charge in [0.05, 0.1) is 12.9 Å². The molecule has 0 bridgehead atoms. The molecule has 7 heteroatoms. The van der Waals surface area contributed by atoms with Gasteiger partial charge in [-0.05, 0) is 33.6 Å². The quantitative estimate of drug-likeness (QED) is 0.822. The van der Waals surface area contributed by atoms with Crippen LogP contribution < -0.4 is 4.74 Å². The summed E-state index contributed by atoms with van der Waals surface area (Å²) >= 11 is 8.83. The molecule has 0 saturated carbocycles. The first-order valence-corrected chi connectivity index (χ1v) is 8.00. The summed E-state index contributed by atoms with van der Waals surface area (Å²) in [6.45, 7) is 1.47. The van der Waals surface area contributed by atoms with Crippen molar-refractivity contribution in [1.29, 1.82) is 0 Å². The van der Waals surface area contributed by atoms with Crippen LogP contribution in [-0.4, -0.2) is 29.5 Å². The summed E-state index contributed by atoms with van der Waals surface area (Å²) in [5.41, 5.74) is 0.389. The van der Waals surface area contributed by atoms with E-state index < -0.39 is 19.1 Å². The van der Waals surface area contributed by atoms with Gasteiger partial charge in [0.25, 0.3) is 0 Å². The number of aliphatic hydroxyl groups excluding tert-OH is 1. The SMILES string of the molecule is CCS(=O)(=O)C(Cl)(Br)C(O)c1ccc(OC)cc1. The van der Waals surface area contributed by atoms with Crippen LogP contribution in [0.1, 0.15) is 18.6 Å². The number of aliphatic hydroxyl groups is 1. The Morgan fingerprint density at radius 1 is 1.44 bits per heavy atom. The molecule has 0 aromatic heterocycles. The third kappa shape index (κ3) is 2.99. The lowest BCUT2D eigenvalue weighted by atomic mass is 10.1. The lowest BCUT2D eigenvalue weighted by Crippen LogP contribution is -2.34. The van der Waals surface area contributed by atoms with Gasteiger partial charge in [-0.15, -0.1) is 0 Å². The van der Waals surface area contributed by atoms with Crippen molar-refractivity contribution >= 4 is 37.4 Å². The number of rotatable bonds is 5. The van der Waals surface area contributed by atoms with Crippen molar-refractivity contribution in [3.63, 3.8) is 0 Å². The highest BCUT2D eigenvalue weighted by Gasteiger charge is 2.45. The minimum absolute atomic E-state index is 0.172. The Kier molecular flexibility index (Phi) is 5.05. The van der Waals surface area contributed by atoms with Crippen molar-refractivity contribution in [2.24, 2.45) is 0 Å². The number of sulfone groups is 1. The van der Waals surface area contributed by atoms with E-state index in [1.807, 2.05) is 0 Å². The molecular weight excluding hydrogens is 344 g/mol. The molecule has 1 rings (SSSR count). The van der Waals surface area contributed by atoms with E-state index in [9.17, 15) is 13.5 Å². The number of alkyl halides is 2. The van der Waals surface area contributed by atoms with Gasteiger partial charge in [0, 0.05) is 0 Å². The molecule has 0 amide bonds. The molecule has 0 fully saturated rings. The van der Waals surface area contributed by atoms with Crippen LogP contribution in [0.15, 0.2) is 24.3 Å². The largest absolute Gasteiger partial charge is 0.497 e. The fourth-order valence-electron chi connectivity index (χ4n) is 1.34. The van der Waals surface area contributed by atoms with Crippen LogP contribution in [0.4, 0.5) is 0 Å². The van der Waals surface area contributed by atoms with Crippen molar-refractivity contribution in [1.82, 2.24) is 0 Å². The molecule has 1 aromatic rings. The van der Waals surface area contributed by atoms with Crippen molar-refractivity contribution in [3.05, 3.63) is 29.8 Å². The van der Waals surface area contributed by atoms with E-state index >= 15 is 0 Å².